The molecule has 2 aliphatic rings. The van der Waals surface area contributed by atoms with E-state index in [1.165, 1.54) is 6.07 Å². The molecule has 0 bridgehead atoms. The Bertz CT molecular complexity index is 605. The van der Waals surface area contributed by atoms with Crippen LogP contribution in [0.5, 0.6) is 0 Å². The molecule has 2 saturated heterocycles. The van der Waals surface area contributed by atoms with E-state index in [1.807, 2.05) is 6.92 Å². The summed E-state index contributed by atoms with van der Waals surface area (Å²) in [5.74, 6) is -0.366. The van der Waals surface area contributed by atoms with Gasteiger partial charge in [-0.15, -0.1) is 0 Å². The Hall–Kier alpha value is -1.21. The summed E-state index contributed by atoms with van der Waals surface area (Å²) in [6.07, 6.45) is 3.05. The molecular formula is C19H27ClFN3O2. The first-order valence-corrected chi connectivity index (χ1v) is 9.74. The van der Waals surface area contributed by atoms with E-state index >= 15 is 0 Å². The molecule has 1 aromatic carbocycles. The van der Waals surface area contributed by atoms with Crippen molar-refractivity contribution in [1.29, 1.82) is 0 Å². The molecule has 3 atom stereocenters. The van der Waals surface area contributed by atoms with Gasteiger partial charge in [0.25, 0.3) is 0 Å². The van der Waals surface area contributed by atoms with Gasteiger partial charge in [-0.3, -0.25) is 9.69 Å². The minimum atomic E-state index is -0.341. The van der Waals surface area contributed by atoms with Gasteiger partial charge >= 0.3 is 0 Å². The van der Waals surface area contributed by atoms with E-state index in [0.717, 1.165) is 25.8 Å². The van der Waals surface area contributed by atoms with Crippen molar-refractivity contribution in [2.24, 2.45) is 0 Å². The van der Waals surface area contributed by atoms with Gasteiger partial charge in [0.15, 0.2) is 0 Å². The minimum absolute atomic E-state index is 0.0246. The van der Waals surface area contributed by atoms with Crippen molar-refractivity contribution >= 4 is 17.5 Å². The molecule has 7 heteroatoms. The molecule has 0 aliphatic carbocycles. The molecule has 0 radical (unpaired) electrons. The lowest BCUT2D eigenvalue weighted by molar-refractivity contribution is -0.124. The van der Waals surface area contributed by atoms with E-state index in [4.69, 9.17) is 16.3 Å². The highest BCUT2D eigenvalue weighted by Gasteiger charge is 2.30. The number of ether oxygens (including phenoxy) is 1. The number of piperidine rings is 1. The number of rotatable bonds is 5. The SMILES string of the molecule is CC1CN(C(CNC(=O)C2CCCCN2)c2c(F)cccc2Cl)CCO1. The third-order valence-electron chi connectivity index (χ3n) is 5.14. The molecule has 1 aromatic rings. The number of carbonyl (C=O) groups excluding carboxylic acids is 1. The highest BCUT2D eigenvalue weighted by Crippen LogP contribution is 2.31. The third kappa shape index (κ3) is 4.74. The monoisotopic (exact) mass is 383 g/mol. The standard InChI is InChI=1S/C19H27ClFN3O2/c1-13-12-24(9-10-26-13)17(18-14(20)5-4-6-15(18)21)11-23-19(25)16-7-2-3-8-22-16/h4-6,13,16-17,22H,2-3,7-12H2,1H3,(H,23,25). The lowest BCUT2D eigenvalue weighted by atomic mass is 10.0. The third-order valence-corrected chi connectivity index (χ3v) is 5.47. The maximum atomic E-state index is 14.6. The number of benzene rings is 1. The van der Waals surface area contributed by atoms with Crippen LogP contribution in [0.25, 0.3) is 0 Å². The average Bonchev–Trinajstić information content (AvgIpc) is 2.64. The second kappa shape index (κ2) is 9.13. The summed E-state index contributed by atoms with van der Waals surface area (Å²) in [6, 6.07) is 4.24. The molecule has 0 aromatic heterocycles. The predicted octanol–water partition coefficient (Wildman–Crippen LogP) is 2.50. The summed E-state index contributed by atoms with van der Waals surface area (Å²) in [5, 5.41) is 6.64. The fourth-order valence-corrected chi connectivity index (χ4v) is 4.06. The van der Waals surface area contributed by atoms with Gasteiger partial charge in [-0.05, 0) is 38.4 Å². The first-order chi connectivity index (χ1) is 12.6. The first-order valence-electron chi connectivity index (χ1n) is 9.37. The van der Waals surface area contributed by atoms with Gasteiger partial charge in [0.1, 0.15) is 5.82 Å². The lowest BCUT2D eigenvalue weighted by Gasteiger charge is -2.38. The van der Waals surface area contributed by atoms with E-state index in [1.54, 1.807) is 12.1 Å². The van der Waals surface area contributed by atoms with Crippen LogP contribution < -0.4 is 10.6 Å². The Morgan fingerprint density at radius 1 is 1.50 bits per heavy atom. The van der Waals surface area contributed by atoms with Crippen molar-refractivity contribution in [3.8, 4) is 0 Å². The number of hydrogen-bond donors (Lipinski definition) is 2. The van der Waals surface area contributed by atoms with Crippen molar-refractivity contribution in [2.45, 2.75) is 44.4 Å². The fourth-order valence-electron chi connectivity index (χ4n) is 3.77. The Kier molecular flexibility index (Phi) is 6.86. The number of nitrogens with one attached hydrogen (secondary N) is 2. The van der Waals surface area contributed by atoms with Gasteiger partial charge in [0.2, 0.25) is 5.91 Å². The Morgan fingerprint density at radius 3 is 3.04 bits per heavy atom. The van der Waals surface area contributed by atoms with Crippen LogP contribution in [-0.4, -0.2) is 55.7 Å². The van der Waals surface area contributed by atoms with E-state index in [9.17, 15) is 9.18 Å². The summed E-state index contributed by atoms with van der Waals surface area (Å²) in [7, 11) is 0. The Labute approximate surface area is 159 Å². The normalized spacial score (nSPS) is 25.7. The maximum Gasteiger partial charge on any atom is 0.237 e. The largest absolute Gasteiger partial charge is 0.376 e. The average molecular weight is 384 g/mol. The van der Waals surface area contributed by atoms with Crippen LogP contribution in [0, 0.1) is 5.82 Å². The van der Waals surface area contributed by atoms with Crippen LogP contribution in [0.2, 0.25) is 5.02 Å². The van der Waals surface area contributed by atoms with Crippen LogP contribution in [0.1, 0.15) is 37.8 Å². The number of nitrogens with zero attached hydrogens (tertiary/aromatic N) is 1. The van der Waals surface area contributed by atoms with Gasteiger partial charge in [0, 0.05) is 30.2 Å². The van der Waals surface area contributed by atoms with Crippen molar-refractivity contribution in [3.63, 3.8) is 0 Å². The number of carbonyl (C=O) groups is 1. The minimum Gasteiger partial charge on any atom is -0.376 e. The maximum absolute atomic E-state index is 14.6. The molecular weight excluding hydrogens is 357 g/mol. The lowest BCUT2D eigenvalue weighted by Crippen LogP contribution is -2.50. The number of amides is 1. The van der Waals surface area contributed by atoms with Crippen molar-refractivity contribution in [3.05, 3.63) is 34.6 Å². The molecule has 1 amide bonds. The smallest absolute Gasteiger partial charge is 0.237 e. The number of morpholine rings is 1. The van der Waals surface area contributed by atoms with Crippen molar-refractivity contribution < 1.29 is 13.9 Å². The molecule has 5 nitrogen and oxygen atoms in total. The van der Waals surface area contributed by atoms with Gasteiger partial charge in [-0.25, -0.2) is 4.39 Å². The summed E-state index contributed by atoms with van der Waals surface area (Å²) in [5.41, 5.74) is 0.445. The Morgan fingerprint density at radius 2 is 2.35 bits per heavy atom. The summed E-state index contributed by atoms with van der Waals surface area (Å²) in [6.45, 7) is 5.12. The Balaban J connectivity index is 1.75. The van der Waals surface area contributed by atoms with E-state index in [2.05, 4.69) is 15.5 Å². The molecule has 2 fully saturated rings. The van der Waals surface area contributed by atoms with Crippen LogP contribution in [0.3, 0.4) is 0 Å². The molecule has 3 rings (SSSR count). The topological polar surface area (TPSA) is 53.6 Å². The van der Waals surface area contributed by atoms with Crippen LogP contribution in [0.4, 0.5) is 4.39 Å². The zero-order valence-electron chi connectivity index (χ0n) is 15.1. The fraction of sp³-hybridized carbons (Fsp3) is 0.632. The number of hydrogen-bond acceptors (Lipinski definition) is 4. The van der Waals surface area contributed by atoms with E-state index in [0.29, 0.717) is 36.8 Å². The van der Waals surface area contributed by atoms with Crippen molar-refractivity contribution in [2.75, 3.05) is 32.8 Å². The summed E-state index contributed by atoms with van der Waals surface area (Å²) < 4.78 is 20.2. The molecule has 144 valence electrons. The highest BCUT2D eigenvalue weighted by atomic mass is 35.5. The van der Waals surface area contributed by atoms with Gasteiger partial charge in [0.05, 0.1) is 24.8 Å². The molecule has 0 saturated carbocycles. The van der Waals surface area contributed by atoms with Crippen LogP contribution >= 0.6 is 11.6 Å². The molecule has 2 heterocycles. The molecule has 0 spiro atoms. The number of halogens is 2. The molecule has 2 N–H and O–H groups in total. The summed E-state index contributed by atoms with van der Waals surface area (Å²) in [4.78, 5) is 14.7. The van der Waals surface area contributed by atoms with E-state index < -0.39 is 0 Å². The summed E-state index contributed by atoms with van der Waals surface area (Å²) >= 11 is 6.32. The van der Waals surface area contributed by atoms with Gasteiger partial charge in [-0.1, -0.05) is 24.1 Å². The molecule has 3 unspecified atom stereocenters. The first kappa shape index (κ1) is 19.5. The molecule has 26 heavy (non-hydrogen) atoms. The second-order valence-electron chi connectivity index (χ2n) is 7.08. The molecule has 2 aliphatic heterocycles. The zero-order chi connectivity index (χ0) is 18.5. The van der Waals surface area contributed by atoms with Crippen LogP contribution in [0.15, 0.2) is 18.2 Å². The van der Waals surface area contributed by atoms with Gasteiger partial charge in [-0.2, -0.15) is 0 Å². The predicted molar refractivity (Wildman–Crippen MR) is 99.8 cm³/mol. The quantitative estimate of drug-likeness (QED) is 0.820. The van der Waals surface area contributed by atoms with Crippen LogP contribution in [-0.2, 0) is 9.53 Å². The van der Waals surface area contributed by atoms with Crippen molar-refractivity contribution in [1.82, 2.24) is 15.5 Å². The highest BCUT2D eigenvalue weighted by molar-refractivity contribution is 6.31. The zero-order valence-corrected chi connectivity index (χ0v) is 15.9. The van der Waals surface area contributed by atoms with E-state index in [-0.39, 0.29) is 29.9 Å². The van der Waals surface area contributed by atoms with Gasteiger partial charge < -0.3 is 15.4 Å². The second-order valence-corrected chi connectivity index (χ2v) is 7.48.